The zero-order valence-corrected chi connectivity index (χ0v) is 21.0. The number of aromatic nitrogens is 3. The molecule has 0 spiro atoms. The molecule has 0 atom stereocenters. The van der Waals surface area contributed by atoms with Crippen LogP contribution in [0.15, 0.2) is 53.6 Å². The van der Waals surface area contributed by atoms with Gasteiger partial charge in [0.2, 0.25) is 10.0 Å². The third-order valence-electron chi connectivity index (χ3n) is 5.52. The molecule has 2 heterocycles. The largest absolute Gasteiger partial charge is 0.345 e. The summed E-state index contributed by atoms with van der Waals surface area (Å²) in [6, 6.07) is 13.2. The first kappa shape index (κ1) is 24.7. The number of rotatable bonds is 8. The zero-order chi connectivity index (χ0) is 24.4. The molecular formula is C24H33N5O3S. The van der Waals surface area contributed by atoms with E-state index in [2.05, 4.69) is 26.1 Å². The van der Waals surface area contributed by atoms with Crippen molar-refractivity contribution < 1.29 is 13.2 Å². The molecule has 3 aromatic rings. The minimum absolute atomic E-state index is 0.104. The first-order valence-corrected chi connectivity index (χ1v) is 12.5. The Balaban J connectivity index is 1.93. The number of benzene rings is 1. The number of hydrogen-bond donors (Lipinski definition) is 1. The summed E-state index contributed by atoms with van der Waals surface area (Å²) in [6.45, 7) is 11.0. The lowest BCUT2D eigenvalue weighted by atomic mass is 9.92. The van der Waals surface area contributed by atoms with Crippen molar-refractivity contribution in [2.45, 2.75) is 51.5 Å². The predicted molar refractivity (Wildman–Crippen MR) is 130 cm³/mol. The van der Waals surface area contributed by atoms with Crippen molar-refractivity contribution in [3.63, 3.8) is 0 Å². The van der Waals surface area contributed by atoms with Gasteiger partial charge in [-0.3, -0.25) is 4.79 Å². The zero-order valence-electron chi connectivity index (χ0n) is 20.2. The van der Waals surface area contributed by atoms with Crippen LogP contribution in [0.1, 0.15) is 56.4 Å². The van der Waals surface area contributed by atoms with Gasteiger partial charge in [-0.05, 0) is 11.6 Å². The first-order chi connectivity index (χ1) is 15.5. The fourth-order valence-corrected chi connectivity index (χ4v) is 5.08. The van der Waals surface area contributed by atoms with Crippen LogP contribution in [-0.4, -0.2) is 46.1 Å². The molecule has 0 radical (unpaired) electrons. The van der Waals surface area contributed by atoms with Crippen molar-refractivity contribution in [1.82, 2.24) is 18.7 Å². The van der Waals surface area contributed by atoms with Crippen molar-refractivity contribution in [1.29, 1.82) is 0 Å². The molecule has 8 nitrogen and oxygen atoms in total. The lowest BCUT2D eigenvalue weighted by molar-refractivity contribution is 0.101. The molecule has 0 unspecified atom stereocenters. The Bertz CT molecular complexity index is 1220. The van der Waals surface area contributed by atoms with Gasteiger partial charge in [0.15, 0.2) is 0 Å². The summed E-state index contributed by atoms with van der Waals surface area (Å²) in [5.74, 6) is 0.163. The Morgan fingerprint density at radius 2 is 1.73 bits per heavy atom. The topological polar surface area (TPSA) is 89.2 Å². The van der Waals surface area contributed by atoms with Gasteiger partial charge >= 0.3 is 0 Å². The number of carbonyl (C=O) groups is 1. The van der Waals surface area contributed by atoms with Crippen LogP contribution in [-0.2, 0) is 29.0 Å². The fraction of sp³-hybridized carbons (Fsp3) is 0.417. The van der Waals surface area contributed by atoms with E-state index >= 15 is 0 Å². The summed E-state index contributed by atoms with van der Waals surface area (Å²) >= 11 is 0. The highest BCUT2D eigenvalue weighted by molar-refractivity contribution is 7.89. The number of nitrogens with one attached hydrogen (secondary N) is 1. The summed E-state index contributed by atoms with van der Waals surface area (Å²) in [7, 11) is -1.99. The van der Waals surface area contributed by atoms with Gasteiger partial charge in [-0.15, -0.1) is 0 Å². The summed E-state index contributed by atoms with van der Waals surface area (Å²) in [4.78, 5) is 13.3. The van der Waals surface area contributed by atoms with E-state index in [1.54, 1.807) is 25.6 Å². The van der Waals surface area contributed by atoms with Crippen LogP contribution in [0, 0.1) is 0 Å². The number of nitrogens with zero attached hydrogens (tertiary/aromatic N) is 4. The predicted octanol–water partition coefficient (Wildman–Crippen LogP) is 3.85. The lowest BCUT2D eigenvalue weighted by Crippen LogP contribution is -2.30. The average Bonchev–Trinajstić information content (AvgIpc) is 3.33. The van der Waals surface area contributed by atoms with Crippen molar-refractivity contribution in [3.8, 4) is 0 Å². The van der Waals surface area contributed by atoms with Crippen LogP contribution in [0.25, 0.3) is 0 Å². The molecule has 1 N–H and O–H groups in total. The molecule has 3 rings (SSSR count). The smallest absolute Gasteiger partial charge is 0.273 e. The minimum Gasteiger partial charge on any atom is -0.345 e. The quantitative estimate of drug-likeness (QED) is 0.540. The maximum Gasteiger partial charge on any atom is 0.273 e. The summed E-state index contributed by atoms with van der Waals surface area (Å²) in [5, 5.41) is 7.66. The molecule has 1 aromatic carbocycles. The van der Waals surface area contributed by atoms with Gasteiger partial charge in [0.05, 0.1) is 12.2 Å². The number of hydrogen-bond acceptors (Lipinski definition) is 4. The second kappa shape index (κ2) is 9.52. The van der Waals surface area contributed by atoms with E-state index in [9.17, 15) is 13.2 Å². The third-order valence-corrected chi connectivity index (χ3v) is 7.54. The van der Waals surface area contributed by atoms with Crippen molar-refractivity contribution >= 4 is 21.7 Å². The highest BCUT2D eigenvalue weighted by Gasteiger charge is 2.26. The van der Waals surface area contributed by atoms with Crippen LogP contribution in [0.2, 0.25) is 0 Å². The fourth-order valence-electron chi connectivity index (χ4n) is 3.55. The Kier molecular flexibility index (Phi) is 7.14. The summed E-state index contributed by atoms with van der Waals surface area (Å²) in [5.41, 5.74) is 1.97. The van der Waals surface area contributed by atoms with E-state index in [4.69, 9.17) is 5.10 Å². The Morgan fingerprint density at radius 1 is 1.09 bits per heavy atom. The van der Waals surface area contributed by atoms with Gasteiger partial charge in [-0.1, -0.05) is 65.0 Å². The Morgan fingerprint density at radius 3 is 2.30 bits per heavy atom. The van der Waals surface area contributed by atoms with E-state index in [1.807, 2.05) is 36.4 Å². The number of carbonyl (C=O) groups excluding carboxylic acids is 1. The molecule has 0 fully saturated rings. The maximum absolute atomic E-state index is 13.2. The molecule has 1 amide bonds. The average molecular weight is 472 g/mol. The third kappa shape index (κ3) is 5.36. The van der Waals surface area contributed by atoms with Crippen LogP contribution in [0.5, 0.6) is 0 Å². The highest BCUT2D eigenvalue weighted by atomic mass is 32.2. The summed E-state index contributed by atoms with van der Waals surface area (Å²) in [6.07, 6.45) is 1.48. The monoisotopic (exact) mass is 471 g/mol. The maximum atomic E-state index is 13.2. The molecule has 0 bridgehead atoms. The Hall–Kier alpha value is -2.91. The van der Waals surface area contributed by atoms with Crippen LogP contribution in [0.3, 0.4) is 0 Å². The highest BCUT2D eigenvalue weighted by Crippen LogP contribution is 2.26. The van der Waals surface area contributed by atoms with Gasteiger partial charge in [-0.25, -0.2) is 13.1 Å². The minimum atomic E-state index is -3.66. The normalized spacial score (nSPS) is 12.3. The van der Waals surface area contributed by atoms with Crippen molar-refractivity contribution in [2.24, 2.45) is 7.05 Å². The second-order valence-electron chi connectivity index (χ2n) is 9.02. The van der Waals surface area contributed by atoms with Gasteiger partial charge in [0.25, 0.3) is 5.91 Å². The molecule has 178 valence electrons. The number of aryl methyl sites for hydroxylation is 1. The molecule has 0 aliphatic heterocycles. The second-order valence-corrected chi connectivity index (χ2v) is 11.0. The molecule has 0 aliphatic rings. The van der Waals surface area contributed by atoms with Gasteiger partial charge in [-0.2, -0.15) is 9.40 Å². The Labute approximate surface area is 196 Å². The van der Waals surface area contributed by atoms with E-state index in [1.165, 1.54) is 21.1 Å². The first-order valence-electron chi connectivity index (χ1n) is 11.1. The number of amides is 1. The van der Waals surface area contributed by atoms with Gasteiger partial charge in [0.1, 0.15) is 16.4 Å². The van der Waals surface area contributed by atoms with Crippen molar-refractivity contribution in [2.75, 3.05) is 18.4 Å². The van der Waals surface area contributed by atoms with Crippen LogP contribution in [0.4, 0.5) is 5.82 Å². The number of sulfonamides is 1. The molecule has 0 aliphatic carbocycles. The van der Waals surface area contributed by atoms with E-state index in [-0.39, 0.29) is 16.0 Å². The van der Waals surface area contributed by atoms with Gasteiger partial charge in [0, 0.05) is 37.8 Å². The standard InChI is InChI=1S/C24H33N5O3S/c1-7-28(8-2)33(31,32)19-14-20(27(6)17-19)23(30)25-22-15-21(24(3,4)5)26-29(22)16-18-12-10-9-11-13-18/h9-15,17H,7-8,16H2,1-6H3,(H,25,30). The van der Waals surface area contributed by atoms with Crippen molar-refractivity contribution in [3.05, 3.63) is 65.6 Å². The lowest BCUT2D eigenvalue weighted by Gasteiger charge is -2.17. The van der Waals surface area contributed by atoms with Crippen LogP contribution >= 0.6 is 0 Å². The van der Waals surface area contributed by atoms with Crippen LogP contribution < -0.4 is 5.32 Å². The van der Waals surface area contributed by atoms with E-state index < -0.39 is 15.9 Å². The molecule has 0 saturated heterocycles. The molecule has 0 saturated carbocycles. The molecule has 33 heavy (non-hydrogen) atoms. The molecule has 9 heteroatoms. The summed E-state index contributed by atoms with van der Waals surface area (Å²) < 4.78 is 30.4. The van der Waals surface area contributed by atoms with E-state index in [0.717, 1.165) is 11.3 Å². The molecular weight excluding hydrogens is 438 g/mol. The number of anilines is 1. The SMILES string of the molecule is CCN(CC)S(=O)(=O)c1cc(C(=O)Nc2cc(C(C)(C)C)nn2Cc2ccccc2)n(C)c1. The van der Waals surface area contributed by atoms with E-state index in [0.29, 0.717) is 25.5 Å². The molecule has 2 aromatic heterocycles. The van der Waals surface area contributed by atoms with Gasteiger partial charge < -0.3 is 9.88 Å².